The molecule has 1 amide bonds. The van der Waals surface area contributed by atoms with E-state index in [-0.39, 0.29) is 15.6 Å². The molecule has 0 aliphatic carbocycles. The van der Waals surface area contributed by atoms with Crippen molar-refractivity contribution in [1.29, 1.82) is 0 Å². The Balaban J connectivity index is 1.95. The number of halogens is 3. The third kappa shape index (κ3) is 5.08. The van der Waals surface area contributed by atoms with Gasteiger partial charge in [-0.2, -0.15) is 0 Å². The van der Waals surface area contributed by atoms with Crippen molar-refractivity contribution in [3.63, 3.8) is 0 Å². The van der Waals surface area contributed by atoms with Crippen molar-refractivity contribution in [2.75, 3.05) is 16.2 Å². The van der Waals surface area contributed by atoms with E-state index in [1.54, 1.807) is 43.3 Å². The summed E-state index contributed by atoms with van der Waals surface area (Å²) in [5.41, 5.74) is 1.46. The van der Waals surface area contributed by atoms with Crippen LogP contribution < -0.4 is 9.62 Å². The van der Waals surface area contributed by atoms with Crippen LogP contribution in [0.2, 0.25) is 15.1 Å². The summed E-state index contributed by atoms with van der Waals surface area (Å²) in [6.45, 7) is 1.34. The Morgan fingerprint density at radius 2 is 1.60 bits per heavy atom. The third-order valence-electron chi connectivity index (χ3n) is 4.27. The number of benzene rings is 3. The first-order chi connectivity index (χ1) is 14.2. The topological polar surface area (TPSA) is 66.5 Å². The van der Waals surface area contributed by atoms with Gasteiger partial charge in [-0.1, -0.05) is 59.1 Å². The Bertz CT molecular complexity index is 1190. The van der Waals surface area contributed by atoms with Gasteiger partial charge in [0.1, 0.15) is 6.54 Å². The predicted octanol–water partition coefficient (Wildman–Crippen LogP) is 5.79. The maximum atomic E-state index is 13.3. The van der Waals surface area contributed by atoms with Crippen LogP contribution in [0.15, 0.2) is 71.6 Å². The number of anilines is 2. The average Bonchev–Trinajstić information content (AvgIpc) is 2.72. The normalized spacial score (nSPS) is 11.2. The van der Waals surface area contributed by atoms with Crippen molar-refractivity contribution in [3.05, 3.63) is 87.4 Å². The monoisotopic (exact) mass is 482 g/mol. The Labute approximate surface area is 190 Å². The van der Waals surface area contributed by atoms with E-state index in [4.69, 9.17) is 34.8 Å². The third-order valence-corrected chi connectivity index (χ3v) is 7.20. The standard InChI is InChI=1S/C21H17Cl3N2O3S/c1-14-7-9-16(12-19(14)23)26(30(28,29)17-5-3-2-4-6-17)13-21(27)25-15-8-10-18(22)20(24)11-15/h2-12H,13H2,1H3,(H,25,27). The van der Waals surface area contributed by atoms with E-state index in [9.17, 15) is 13.2 Å². The molecule has 3 aromatic rings. The zero-order valence-electron chi connectivity index (χ0n) is 15.8. The lowest BCUT2D eigenvalue weighted by molar-refractivity contribution is -0.114. The number of hydrogen-bond acceptors (Lipinski definition) is 3. The van der Waals surface area contributed by atoms with Crippen LogP contribution in [0.5, 0.6) is 0 Å². The van der Waals surface area contributed by atoms with Gasteiger partial charge in [0.15, 0.2) is 0 Å². The van der Waals surface area contributed by atoms with E-state index in [1.165, 1.54) is 30.3 Å². The molecule has 5 nitrogen and oxygen atoms in total. The highest BCUT2D eigenvalue weighted by Crippen LogP contribution is 2.29. The second kappa shape index (κ2) is 9.27. The van der Waals surface area contributed by atoms with Gasteiger partial charge in [0.05, 0.1) is 20.6 Å². The van der Waals surface area contributed by atoms with Crippen LogP contribution in [0.3, 0.4) is 0 Å². The Morgan fingerprint density at radius 3 is 2.23 bits per heavy atom. The summed E-state index contributed by atoms with van der Waals surface area (Å²) in [6.07, 6.45) is 0. The van der Waals surface area contributed by atoms with Crippen LogP contribution in [0.4, 0.5) is 11.4 Å². The number of carbonyl (C=O) groups is 1. The molecule has 0 unspecified atom stereocenters. The number of aryl methyl sites for hydroxylation is 1. The summed E-state index contributed by atoms with van der Waals surface area (Å²) in [5, 5.41) is 3.65. The fraction of sp³-hybridized carbons (Fsp3) is 0.0952. The number of rotatable bonds is 6. The van der Waals surface area contributed by atoms with Crippen molar-refractivity contribution in [1.82, 2.24) is 0 Å². The average molecular weight is 484 g/mol. The van der Waals surface area contributed by atoms with Crippen molar-refractivity contribution >= 4 is 62.1 Å². The molecule has 0 spiro atoms. The lowest BCUT2D eigenvalue weighted by Crippen LogP contribution is -2.38. The SMILES string of the molecule is Cc1ccc(N(CC(=O)Nc2ccc(Cl)c(Cl)c2)S(=O)(=O)c2ccccc2)cc1Cl. The molecule has 1 N–H and O–H groups in total. The molecule has 0 heterocycles. The summed E-state index contributed by atoms with van der Waals surface area (Å²) in [7, 11) is -4.02. The van der Waals surface area contributed by atoms with Crippen molar-refractivity contribution in [3.8, 4) is 0 Å². The smallest absolute Gasteiger partial charge is 0.264 e. The molecule has 0 saturated heterocycles. The number of carbonyl (C=O) groups excluding carboxylic acids is 1. The second-order valence-electron chi connectivity index (χ2n) is 6.44. The first kappa shape index (κ1) is 22.4. The summed E-state index contributed by atoms with van der Waals surface area (Å²) >= 11 is 18.1. The molecule has 0 saturated carbocycles. The minimum Gasteiger partial charge on any atom is -0.324 e. The van der Waals surface area contributed by atoms with Crippen molar-refractivity contribution < 1.29 is 13.2 Å². The number of amides is 1. The van der Waals surface area contributed by atoms with E-state index in [2.05, 4.69) is 5.32 Å². The Hall–Kier alpha value is -2.25. The van der Waals surface area contributed by atoms with Gasteiger partial charge in [0.2, 0.25) is 5.91 Å². The Morgan fingerprint density at radius 1 is 0.900 bits per heavy atom. The molecule has 0 fully saturated rings. The van der Waals surface area contributed by atoms with E-state index < -0.39 is 22.5 Å². The minimum atomic E-state index is -4.02. The highest BCUT2D eigenvalue weighted by atomic mass is 35.5. The van der Waals surface area contributed by atoms with E-state index in [0.717, 1.165) is 9.87 Å². The number of sulfonamides is 1. The van der Waals surface area contributed by atoms with E-state index >= 15 is 0 Å². The van der Waals surface area contributed by atoms with Crippen LogP contribution in [0, 0.1) is 6.92 Å². The van der Waals surface area contributed by atoms with Gasteiger partial charge in [-0.05, 0) is 55.0 Å². The molecular formula is C21H17Cl3N2O3S. The number of nitrogens with one attached hydrogen (secondary N) is 1. The molecule has 0 atom stereocenters. The molecule has 9 heteroatoms. The Kier molecular flexibility index (Phi) is 6.93. The fourth-order valence-corrected chi connectivity index (χ4v) is 4.58. The molecule has 0 aliphatic rings. The van der Waals surface area contributed by atoms with Crippen molar-refractivity contribution in [2.45, 2.75) is 11.8 Å². The second-order valence-corrected chi connectivity index (χ2v) is 9.52. The molecule has 0 aliphatic heterocycles. The minimum absolute atomic E-state index is 0.0593. The molecule has 0 bridgehead atoms. The maximum absolute atomic E-state index is 13.3. The molecule has 0 radical (unpaired) electrons. The van der Waals surface area contributed by atoms with Crippen LogP contribution in [0.25, 0.3) is 0 Å². The zero-order chi connectivity index (χ0) is 21.9. The molecule has 3 aromatic carbocycles. The fourth-order valence-electron chi connectivity index (χ4n) is 2.68. The van der Waals surface area contributed by atoms with Gasteiger partial charge < -0.3 is 5.32 Å². The molecule has 0 aromatic heterocycles. The summed E-state index contributed by atoms with van der Waals surface area (Å²) in [5.74, 6) is -0.551. The number of nitrogens with zero attached hydrogens (tertiary/aromatic N) is 1. The molecule has 3 rings (SSSR count). The van der Waals surface area contributed by atoms with Crippen LogP contribution in [0.1, 0.15) is 5.56 Å². The van der Waals surface area contributed by atoms with Gasteiger partial charge in [-0.3, -0.25) is 9.10 Å². The zero-order valence-corrected chi connectivity index (χ0v) is 18.9. The first-order valence-electron chi connectivity index (χ1n) is 8.77. The van der Waals surface area contributed by atoms with Crippen LogP contribution in [-0.4, -0.2) is 20.9 Å². The summed E-state index contributed by atoms with van der Waals surface area (Å²) < 4.78 is 27.6. The van der Waals surface area contributed by atoms with E-state index in [0.29, 0.717) is 15.7 Å². The quantitative estimate of drug-likeness (QED) is 0.482. The largest absolute Gasteiger partial charge is 0.324 e. The van der Waals surface area contributed by atoms with Gasteiger partial charge in [0.25, 0.3) is 10.0 Å². The lowest BCUT2D eigenvalue weighted by atomic mass is 10.2. The maximum Gasteiger partial charge on any atom is 0.264 e. The molecular weight excluding hydrogens is 467 g/mol. The summed E-state index contributed by atoms with van der Waals surface area (Å²) in [4.78, 5) is 12.8. The van der Waals surface area contributed by atoms with Gasteiger partial charge in [-0.15, -0.1) is 0 Å². The highest BCUT2D eigenvalue weighted by Gasteiger charge is 2.27. The first-order valence-corrected chi connectivity index (χ1v) is 11.3. The van der Waals surface area contributed by atoms with Crippen molar-refractivity contribution in [2.24, 2.45) is 0 Å². The number of hydrogen-bond donors (Lipinski definition) is 1. The predicted molar refractivity (Wildman–Crippen MR) is 122 cm³/mol. The highest BCUT2D eigenvalue weighted by molar-refractivity contribution is 7.92. The van der Waals surface area contributed by atoms with Crippen LogP contribution in [-0.2, 0) is 14.8 Å². The lowest BCUT2D eigenvalue weighted by Gasteiger charge is -2.24. The van der Waals surface area contributed by atoms with Gasteiger partial charge in [0, 0.05) is 10.7 Å². The van der Waals surface area contributed by atoms with Crippen LogP contribution >= 0.6 is 34.8 Å². The van der Waals surface area contributed by atoms with E-state index in [1.807, 2.05) is 0 Å². The summed E-state index contributed by atoms with van der Waals surface area (Å²) in [6, 6.07) is 17.3. The van der Waals surface area contributed by atoms with Gasteiger partial charge in [-0.25, -0.2) is 8.42 Å². The molecule has 156 valence electrons. The molecule has 30 heavy (non-hydrogen) atoms. The van der Waals surface area contributed by atoms with Gasteiger partial charge >= 0.3 is 0 Å².